The SMILES string of the molecule is COCCCn1ccnc1NCC1CC2CCC1C2. The van der Waals surface area contributed by atoms with E-state index in [1.165, 1.54) is 25.7 Å². The van der Waals surface area contributed by atoms with Crippen LogP contribution in [0.15, 0.2) is 12.4 Å². The summed E-state index contributed by atoms with van der Waals surface area (Å²) in [5, 5.41) is 3.56. The van der Waals surface area contributed by atoms with Gasteiger partial charge in [-0.3, -0.25) is 0 Å². The Morgan fingerprint density at radius 3 is 3.11 bits per heavy atom. The molecule has 0 saturated heterocycles. The molecule has 1 heterocycles. The van der Waals surface area contributed by atoms with Crippen molar-refractivity contribution in [2.75, 3.05) is 25.6 Å². The molecule has 2 fully saturated rings. The first-order chi connectivity index (χ1) is 9.36. The molecule has 4 nitrogen and oxygen atoms in total. The molecule has 3 rings (SSSR count). The summed E-state index contributed by atoms with van der Waals surface area (Å²) < 4.78 is 7.30. The summed E-state index contributed by atoms with van der Waals surface area (Å²) in [5.74, 6) is 3.91. The molecule has 2 bridgehead atoms. The van der Waals surface area contributed by atoms with Gasteiger partial charge in [0.1, 0.15) is 0 Å². The molecule has 0 spiro atoms. The topological polar surface area (TPSA) is 39.1 Å². The van der Waals surface area contributed by atoms with Crippen LogP contribution in [0.2, 0.25) is 0 Å². The van der Waals surface area contributed by atoms with Crippen LogP contribution in [-0.4, -0.2) is 29.8 Å². The molecule has 0 amide bonds. The third kappa shape index (κ3) is 2.94. The summed E-state index contributed by atoms with van der Waals surface area (Å²) in [5.41, 5.74) is 0. The molecule has 4 heteroatoms. The molecule has 1 N–H and O–H groups in total. The molecule has 19 heavy (non-hydrogen) atoms. The number of fused-ring (bicyclic) bond motifs is 2. The van der Waals surface area contributed by atoms with Crippen molar-refractivity contribution < 1.29 is 4.74 Å². The maximum Gasteiger partial charge on any atom is 0.202 e. The van der Waals surface area contributed by atoms with E-state index in [1.807, 2.05) is 6.20 Å². The van der Waals surface area contributed by atoms with E-state index in [2.05, 4.69) is 21.1 Å². The lowest BCUT2D eigenvalue weighted by atomic mass is 9.89. The van der Waals surface area contributed by atoms with Crippen molar-refractivity contribution in [1.82, 2.24) is 9.55 Å². The number of nitrogens with zero attached hydrogens (tertiary/aromatic N) is 2. The van der Waals surface area contributed by atoms with Gasteiger partial charge in [0.05, 0.1) is 0 Å². The summed E-state index contributed by atoms with van der Waals surface area (Å²) in [7, 11) is 1.75. The molecule has 3 atom stereocenters. The molecule has 0 aromatic carbocycles. The van der Waals surface area contributed by atoms with Gasteiger partial charge >= 0.3 is 0 Å². The zero-order chi connectivity index (χ0) is 13.1. The lowest BCUT2D eigenvalue weighted by Crippen LogP contribution is -2.21. The van der Waals surface area contributed by atoms with Gasteiger partial charge in [0.25, 0.3) is 0 Å². The molecule has 0 radical (unpaired) electrons. The average Bonchev–Trinajstić information content (AvgIpc) is 3.13. The largest absolute Gasteiger partial charge is 0.385 e. The molecule has 0 aliphatic heterocycles. The number of ether oxygens (including phenoxy) is 1. The summed E-state index contributed by atoms with van der Waals surface area (Å²) in [6, 6.07) is 0. The maximum atomic E-state index is 5.10. The van der Waals surface area contributed by atoms with Gasteiger partial charge in [-0.2, -0.15) is 0 Å². The Balaban J connectivity index is 1.48. The van der Waals surface area contributed by atoms with Gasteiger partial charge in [-0.1, -0.05) is 6.42 Å². The van der Waals surface area contributed by atoms with Crippen molar-refractivity contribution in [3.63, 3.8) is 0 Å². The third-order valence-electron chi connectivity index (χ3n) is 4.87. The van der Waals surface area contributed by atoms with E-state index < -0.39 is 0 Å². The van der Waals surface area contributed by atoms with Gasteiger partial charge in [-0.25, -0.2) is 4.98 Å². The Morgan fingerprint density at radius 2 is 2.37 bits per heavy atom. The minimum Gasteiger partial charge on any atom is -0.385 e. The van der Waals surface area contributed by atoms with E-state index in [0.29, 0.717) is 0 Å². The number of aromatic nitrogens is 2. The summed E-state index contributed by atoms with van der Waals surface area (Å²) in [6.07, 6.45) is 10.8. The van der Waals surface area contributed by atoms with Gasteiger partial charge in [0.2, 0.25) is 5.95 Å². The first-order valence-corrected chi connectivity index (χ1v) is 7.60. The summed E-state index contributed by atoms with van der Waals surface area (Å²) in [6.45, 7) is 2.89. The number of nitrogens with one attached hydrogen (secondary N) is 1. The number of methoxy groups -OCH3 is 1. The van der Waals surface area contributed by atoms with Crippen LogP contribution < -0.4 is 5.32 Å². The van der Waals surface area contributed by atoms with Crippen LogP contribution >= 0.6 is 0 Å². The van der Waals surface area contributed by atoms with Gasteiger partial charge in [-0.05, 0) is 43.4 Å². The fraction of sp³-hybridized carbons (Fsp3) is 0.800. The van der Waals surface area contributed by atoms with Crippen LogP contribution in [0.3, 0.4) is 0 Å². The van der Waals surface area contributed by atoms with E-state index in [0.717, 1.165) is 49.8 Å². The highest BCUT2D eigenvalue weighted by Crippen LogP contribution is 2.48. The molecule has 1 aromatic heterocycles. The third-order valence-corrected chi connectivity index (χ3v) is 4.87. The van der Waals surface area contributed by atoms with Crippen LogP contribution in [0.5, 0.6) is 0 Å². The van der Waals surface area contributed by atoms with Crippen LogP contribution in [0.4, 0.5) is 5.95 Å². The maximum absolute atomic E-state index is 5.10. The van der Waals surface area contributed by atoms with Crippen molar-refractivity contribution >= 4 is 5.95 Å². The Bertz CT molecular complexity index is 404. The van der Waals surface area contributed by atoms with Crippen molar-refractivity contribution in [3.05, 3.63) is 12.4 Å². The van der Waals surface area contributed by atoms with E-state index in [1.54, 1.807) is 7.11 Å². The quantitative estimate of drug-likeness (QED) is 0.769. The minimum absolute atomic E-state index is 0.810. The molecule has 2 aliphatic carbocycles. The van der Waals surface area contributed by atoms with E-state index >= 15 is 0 Å². The van der Waals surface area contributed by atoms with Crippen molar-refractivity contribution in [1.29, 1.82) is 0 Å². The highest BCUT2D eigenvalue weighted by molar-refractivity contribution is 5.26. The number of hydrogen-bond acceptors (Lipinski definition) is 3. The lowest BCUT2D eigenvalue weighted by Gasteiger charge is -2.22. The molecule has 3 unspecified atom stereocenters. The predicted octanol–water partition coefficient (Wildman–Crippen LogP) is 2.77. The summed E-state index contributed by atoms with van der Waals surface area (Å²) in [4.78, 5) is 4.43. The van der Waals surface area contributed by atoms with Gasteiger partial charge in [0, 0.05) is 39.2 Å². The van der Waals surface area contributed by atoms with Crippen molar-refractivity contribution in [2.45, 2.75) is 38.6 Å². The smallest absolute Gasteiger partial charge is 0.202 e. The van der Waals surface area contributed by atoms with Gasteiger partial charge in [0.15, 0.2) is 0 Å². The van der Waals surface area contributed by atoms with Crippen LogP contribution in [0.1, 0.15) is 32.1 Å². The molecule has 2 saturated carbocycles. The number of rotatable bonds is 7. The average molecular weight is 263 g/mol. The number of imidazole rings is 1. The van der Waals surface area contributed by atoms with Gasteiger partial charge in [-0.15, -0.1) is 0 Å². The zero-order valence-corrected chi connectivity index (χ0v) is 11.8. The second kappa shape index (κ2) is 5.95. The Hall–Kier alpha value is -1.03. The highest BCUT2D eigenvalue weighted by Gasteiger charge is 2.39. The second-order valence-electron chi connectivity index (χ2n) is 6.11. The standard InChI is InChI=1S/C15H25N3O/c1-19-8-2-6-18-7-5-16-15(18)17-11-14-10-12-3-4-13(14)9-12/h5,7,12-14H,2-4,6,8-11H2,1H3,(H,16,17). The van der Waals surface area contributed by atoms with Gasteiger partial charge < -0.3 is 14.6 Å². The minimum atomic E-state index is 0.810. The molecule has 2 aliphatic rings. The Labute approximate surface area is 115 Å². The van der Waals surface area contributed by atoms with Crippen LogP contribution in [-0.2, 0) is 11.3 Å². The van der Waals surface area contributed by atoms with E-state index in [-0.39, 0.29) is 0 Å². The number of anilines is 1. The first kappa shape index (κ1) is 13.0. The molecular weight excluding hydrogens is 238 g/mol. The molecular formula is C15H25N3O. The Kier molecular flexibility index (Phi) is 4.06. The van der Waals surface area contributed by atoms with Crippen molar-refractivity contribution in [3.8, 4) is 0 Å². The lowest BCUT2D eigenvalue weighted by molar-refractivity contribution is 0.190. The van der Waals surface area contributed by atoms with Crippen LogP contribution in [0, 0.1) is 17.8 Å². The predicted molar refractivity (Wildman–Crippen MR) is 76.1 cm³/mol. The molecule has 1 aromatic rings. The molecule has 106 valence electrons. The van der Waals surface area contributed by atoms with E-state index in [9.17, 15) is 0 Å². The van der Waals surface area contributed by atoms with E-state index in [4.69, 9.17) is 4.74 Å². The summed E-state index contributed by atoms with van der Waals surface area (Å²) >= 11 is 0. The second-order valence-corrected chi connectivity index (χ2v) is 6.11. The fourth-order valence-electron chi connectivity index (χ4n) is 3.88. The van der Waals surface area contributed by atoms with Crippen LogP contribution in [0.25, 0.3) is 0 Å². The normalized spacial score (nSPS) is 29.0. The fourth-order valence-corrected chi connectivity index (χ4v) is 3.88. The monoisotopic (exact) mass is 263 g/mol. The zero-order valence-electron chi connectivity index (χ0n) is 11.8. The number of aryl methyl sites for hydroxylation is 1. The highest BCUT2D eigenvalue weighted by atomic mass is 16.5. The number of hydrogen-bond donors (Lipinski definition) is 1. The Morgan fingerprint density at radius 1 is 1.42 bits per heavy atom. The van der Waals surface area contributed by atoms with Crippen molar-refractivity contribution in [2.24, 2.45) is 17.8 Å². The first-order valence-electron chi connectivity index (χ1n) is 7.60.